The maximum atomic E-state index is 11.2. The molecule has 1 saturated carbocycles. The van der Waals surface area contributed by atoms with Crippen molar-refractivity contribution in [1.29, 1.82) is 0 Å². The van der Waals surface area contributed by atoms with E-state index < -0.39 is 4.92 Å². The predicted octanol–water partition coefficient (Wildman–Crippen LogP) is 2.10. The van der Waals surface area contributed by atoms with Crippen LogP contribution in [-0.4, -0.2) is 23.9 Å². The third kappa shape index (κ3) is 2.58. The lowest BCUT2D eigenvalue weighted by Gasteiger charge is -2.14. The van der Waals surface area contributed by atoms with Gasteiger partial charge in [0.25, 0.3) is 5.69 Å². The average molecular weight is 251 g/mol. The second kappa shape index (κ2) is 5.03. The summed E-state index contributed by atoms with van der Waals surface area (Å²) < 4.78 is 10.7. The third-order valence-electron chi connectivity index (χ3n) is 2.85. The second-order valence-electron chi connectivity index (χ2n) is 4.11. The number of hydrogen-bond donors (Lipinski definition) is 0. The van der Waals surface area contributed by atoms with Crippen molar-refractivity contribution in [3.63, 3.8) is 0 Å². The fraction of sp³-hybridized carbons (Fsp3) is 0.417. The summed E-state index contributed by atoms with van der Waals surface area (Å²) >= 11 is 0. The average Bonchev–Trinajstić information content (AvgIpc) is 2.74. The van der Waals surface area contributed by atoms with E-state index in [-0.39, 0.29) is 17.6 Å². The maximum Gasteiger partial charge on any atom is 0.273 e. The van der Waals surface area contributed by atoms with Gasteiger partial charge in [0.2, 0.25) is 0 Å². The SMILES string of the molecule is COc1ccc([N+](=O)[O-])cc1OC1CCC(=O)C1. The molecule has 0 radical (unpaired) electrons. The Bertz CT molecular complexity index is 485. The molecule has 0 spiro atoms. The molecule has 96 valence electrons. The number of nitro groups is 1. The fourth-order valence-electron chi connectivity index (χ4n) is 1.93. The summed E-state index contributed by atoms with van der Waals surface area (Å²) in [6, 6.07) is 4.16. The minimum Gasteiger partial charge on any atom is -0.493 e. The Kier molecular flexibility index (Phi) is 3.45. The minimum absolute atomic E-state index is 0.0601. The van der Waals surface area contributed by atoms with Crippen molar-refractivity contribution < 1.29 is 19.2 Å². The Hall–Kier alpha value is -2.11. The number of nitro benzene ring substituents is 1. The van der Waals surface area contributed by atoms with Gasteiger partial charge in [0, 0.05) is 18.9 Å². The number of benzene rings is 1. The zero-order valence-electron chi connectivity index (χ0n) is 9.92. The van der Waals surface area contributed by atoms with Crippen LogP contribution in [0, 0.1) is 10.1 Å². The van der Waals surface area contributed by atoms with Crippen molar-refractivity contribution in [1.82, 2.24) is 0 Å². The number of rotatable bonds is 4. The molecular weight excluding hydrogens is 238 g/mol. The van der Waals surface area contributed by atoms with E-state index in [1.54, 1.807) is 0 Å². The minimum atomic E-state index is -0.494. The molecule has 0 heterocycles. The molecule has 0 aliphatic heterocycles. The lowest BCUT2D eigenvalue weighted by molar-refractivity contribution is -0.385. The topological polar surface area (TPSA) is 78.7 Å². The van der Waals surface area contributed by atoms with E-state index in [0.717, 1.165) is 0 Å². The molecule has 1 aliphatic carbocycles. The van der Waals surface area contributed by atoms with Crippen molar-refractivity contribution in [2.24, 2.45) is 0 Å². The predicted molar refractivity (Wildman–Crippen MR) is 62.9 cm³/mol. The summed E-state index contributed by atoms with van der Waals surface area (Å²) in [5.41, 5.74) is -0.0601. The van der Waals surface area contributed by atoms with Crippen LogP contribution in [-0.2, 0) is 4.79 Å². The fourth-order valence-corrected chi connectivity index (χ4v) is 1.93. The zero-order valence-corrected chi connectivity index (χ0v) is 9.92. The van der Waals surface area contributed by atoms with Gasteiger partial charge in [-0.2, -0.15) is 0 Å². The van der Waals surface area contributed by atoms with Crippen molar-refractivity contribution in [2.75, 3.05) is 7.11 Å². The van der Waals surface area contributed by atoms with Crippen LogP contribution < -0.4 is 9.47 Å². The standard InChI is InChI=1S/C12H13NO5/c1-17-11-5-2-8(13(15)16)6-12(11)18-10-4-3-9(14)7-10/h2,5-6,10H,3-4,7H2,1H3. The summed E-state index contributed by atoms with van der Waals surface area (Å²) in [5.74, 6) is 0.899. The van der Waals surface area contributed by atoms with Crippen LogP contribution in [0.1, 0.15) is 19.3 Å². The molecular formula is C12H13NO5. The Labute approximate surface area is 104 Å². The summed E-state index contributed by atoms with van der Waals surface area (Å²) in [6.45, 7) is 0. The van der Waals surface area contributed by atoms with Gasteiger partial charge in [0.15, 0.2) is 11.5 Å². The van der Waals surface area contributed by atoms with Crippen LogP contribution in [0.5, 0.6) is 11.5 Å². The highest BCUT2D eigenvalue weighted by Gasteiger charge is 2.25. The van der Waals surface area contributed by atoms with Crippen LogP contribution in [0.2, 0.25) is 0 Å². The van der Waals surface area contributed by atoms with E-state index >= 15 is 0 Å². The third-order valence-corrected chi connectivity index (χ3v) is 2.85. The number of nitrogens with zero attached hydrogens (tertiary/aromatic N) is 1. The van der Waals surface area contributed by atoms with Gasteiger partial charge in [0.1, 0.15) is 11.9 Å². The van der Waals surface area contributed by atoms with Crippen molar-refractivity contribution >= 4 is 11.5 Å². The maximum absolute atomic E-state index is 11.2. The van der Waals surface area contributed by atoms with Gasteiger partial charge >= 0.3 is 0 Å². The number of methoxy groups -OCH3 is 1. The van der Waals surface area contributed by atoms with Crippen molar-refractivity contribution in [3.8, 4) is 11.5 Å². The number of hydrogen-bond acceptors (Lipinski definition) is 5. The lowest BCUT2D eigenvalue weighted by atomic mass is 10.2. The van der Waals surface area contributed by atoms with Crippen LogP contribution in [0.4, 0.5) is 5.69 Å². The molecule has 1 atom stereocenters. The molecule has 6 heteroatoms. The van der Waals surface area contributed by atoms with E-state index in [1.165, 1.54) is 25.3 Å². The Morgan fingerprint density at radius 2 is 2.17 bits per heavy atom. The summed E-state index contributed by atoms with van der Waals surface area (Å²) in [4.78, 5) is 21.4. The first kappa shape index (κ1) is 12.3. The highest BCUT2D eigenvalue weighted by Crippen LogP contribution is 2.33. The zero-order chi connectivity index (χ0) is 13.1. The van der Waals surface area contributed by atoms with Crippen molar-refractivity contribution in [3.05, 3.63) is 28.3 Å². The molecule has 0 amide bonds. The quantitative estimate of drug-likeness (QED) is 0.604. The Morgan fingerprint density at radius 3 is 2.72 bits per heavy atom. The Balaban J connectivity index is 2.21. The van der Waals surface area contributed by atoms with E-state index in [9.17, 15) is 14.9 Å². The Morgan fingerprint density at radius 1 is 1.39 bits per heavy atom. The molecule has 1 aliphatic rings. The van der Waals surface area contributed by atoms with Gasteiger partial charge in [-0.05, 0) is 12.5 Å². The molecule has 0 aromatic heterocycles. The largest absolute Gasteiger partial charge is 0.493 e. The number of non-ortho nitro benzene ring substituents is 1. The van der Waals surface area contributed by atoms with Crippen LogP contribution in [0.25, 0.3) is 0 Å². The van der Waals surface area contributed by atoms with Gasteiger partial charge in [-0.3, -0.25) is 14.9 Å². The first-order valence-corrected chi connectivity index (χ1v) is 5.61. The highest BCUT2D eigenvalue weighted by molar-refractivity contribution is 5.81. The van der Waals surface area contributed by atoms with Crippen LogP contribution >= 0.6 is 0 Å². The molecule has 1 aromatic carbocycles. The molecule has 2 rings (SSSR count). The van der Waals surface area contributed by atoms with E-state index in [0.29, 0.717) is 30.8 Å². The molecule has 1 unspecified atom stereocenters. The molecule has 0 bridgehead atoms. The molecule has 1 fully saturated rings. The van der Waals surface area contributed by atoms with E-state index in [2.05, 4.69) is 0 Å². The van der Waals surface area contributed by atoms with Crippen LogP contribution in [0.3, 0.4) is 0 Å². The summed E-state index contributed by atoms with van der Waals surface area (Å²) in [6.07, 6.45) is 1.28. The number of Topliss-reactive ketones (excluding diaryl/α,β-unsaturated/α-hetero) is 1. The van der Waals surface area contributed by atoms with Gasteiger partial charge in [-0.1, -0.05) is 0 Å². The van der Waals surface area contributed by atoms with Gasteiger partial charge in [-0.25, -0.2) is 0 Å². The first-order valence-electron chi connectivity index (χ1n) is 5.61. The molecule has 1 aromatic rings. The number of ketones is 1. The summed E-state index contributed by atoms with van der Waals surface area (Å²) in [5, 5.41) is 10.7. The number of carbonyl (C=O) groups is 1. The van der Waals surface area contributed by atoms with Crippen molar-refractivity contribution in [2.45, 2.75) is 25.4 Å². The number of ether oxygens (including phenoxy) is 2. The second-order valence-corrected chi connectivity index (χ2v) is 4.11. The van der Waals surface area contributed by atoms with Gasteiger partial charge in [0.05, 0.1) is 18.1 Å². The monoisotopic (exact) mass is 251 g/mol. The van der Waals surface area contributed by atoms with E-state index in [1.807, 2.05) is 0 Å². The van der Waals surface area contributed by atoms with Gasteiger partial charge in [-0.15, -0.1) is 0 Å². The number of carbonyl (C=O) groups excluding carboxylic acids is 1. The van der Waals surface area contributed by atoms with Gasteiger partial charge < -0.3 is 9.47 Å². The smallest absolute Gasteiger partial charge is 0.273 e. The molecule has 18 heavy (non-hydrogen) atoms. The molecule has 6 nitrogen and oxygen atoms in total. The molecule has 0 N–H and O–H groups in total. The van der Waals surface area contributed by atoms with Crippen LogP contribution in [0.15, 0.2) is 18.2 Å². The lowest BCUT2D eigenvalue weighted by Crippen LogP contribution is -2.12. The summed E-state index contributed by atoms with van der Waals surface area (Å²) in [7, 11) is 1.47. The molecule has 0 saturated heterocycles. The highest BCUT2D eigenvalue weighted by atomic mass is 16.6. The van der Waals surface area contributed by atoms with E-state index in [4.69, 9.17) is 9.47 Å². The normalized spacial score (nSPS) is 18.7. The first-order chi connectivity index (χ1) is 8.60.